The van der Waals surface area contributed by atoms with Crippen LogP contribution in [0.3, 0.4) is 0 Å². The molecule has 4 rings (SSSR count). The highest BCUT2D eigenvalue weighted by atomic mass is 19.4. The molecular formula is C31H20F6N2O8. The maximum Gasteiger partial charge on any atom is 0.411 e. The molecular weight excluding hydrogens is 642 g/mol. The Morgan fingerprint density at radius 1 is 0.511 bits per heavy atom. The molecule has 0 unspecified atom stereocenters. The van der Waals surface area contributed by atoms with Crippen LogP contribution in [0.2, 0.25) is 0 Å². The van der Waals surface area contributed by atoms with E-state index in [0.29, 0.717) is 24.3 Å². The van der Waals surface area contributed by atoms with Gasteiger partial charge in [-0.2, -0.15) is 26.3 Å². The molecule has 0 bridgehead atoms. The average Bonchev–Trinajstić information content (AvgIpc) is 2.99. The molecule has 4 aromatic rings. The number of phenols is 2. The topological polar surface area (TPSA) is 173 Å². The van der Waals surface area contributed by atoms with Crippen LogP contribution in [0, 0.1) is 0 Å². The Balaban J connectivity index is 1.88. The van der Waals surface area contributed by atoms with Crippen LogP contribution in [0.1, 0.15) is 52.6 Å². The summed E-state index contributed by atoms with van der Waals surface area (Å²) < 4.78 is 89.4. The molecule has 0 aliphatic rings. The number of phenolic OH excluding ortho intramolecular Hbond substituents is 2. The Bertz CT molecular complexity index is 1770. The largest absolute Gasteiger partial charge is 0.506 e. The first-order valence-electron chi connectivity index (χ1n) is 13.0. The van der Waals surface area contributed by atoms with Crippen LogP contribution >= 0.6 is 0 Å². The second-order valence-corrected chi connectivity index (χ2v) is 9.82. The van der Waals surface area contributed by atoms with Crippen LogP contribution in [-0.2, 0) is 5.41 Å². The normalized spacial score (nSPS) is 11.9. The molecule has 47 heavy (non-hydrogen) atoms. The number of carbonyl (C=O) groups is 4. The molecule has 244 valence electrons. The first-order valence-corrected chi connectivity index (χ1v) is 13.0. The van der Waals surface area contributed by atoms with E-state index in [-0.39, 0.29) is 12.1 Å². The number of rotatable bonds is 8. The molecule has 0 aromatic heterocycles. The highest BCUT2D eigenvalue weighted by Crippen LogP contribution is 2.57. The highest BCUT2D eigenvalue weighted by Gasteiger charge is 2.72. The smallest absolute Gasteiger partial charge is 0.411 e. The molecule has 0 saturated carbocycles. The number of amides is 2. The SMILES string of the molecule is O=C(O)c1ccccc1C(=O)Nc1cc(C(c2ccc(O)c(NC(=O)c3ccccc3C(=O)O)c2)(C(F)(F)F)C(F)(F)F)ccc1O. The lowest BCUT2D eigenvalue weighted by Crippen LogP contribution is -2.54. The van der Waals surface area contributed by atoms with Gasteiger partial charge in [0, 0.05) is 0 Å². The van der Waals surface area contributed by atoms with E-state index in [2.05, 4.69) is 0 Å². The maximum absolute atomic E-state index is 14.9. The molecule has 10 nitrogen and oxygen atoms in total. The van der Waals surface area contributed by atoms with Crippen molar-refractivity contribution in [3.63, 3.8) is 0 Å². The van der Waals surface area contributed by atoms with Crippen molar-refractivity contribution >= 4 is 35.1 Å². The summed E-state index contributed by atoms with van der Waals surface area (Å²) in [6.07, 6.45) is -12.4. The number of carboxylic acids is 2. The third-order valence-corrected chi connectivity index (χ3v) is 7.01. The summed E-state index contributed by atoms with van der Waals surface area (Å²) in [6, 6.07) is 11.0. The summed E-state index contributed by atoms with van der Waals surface area (Å²) in [7, 11) is 0. The van der Waals surface area contributed by atoms with E-state index < -0.39 is 97.8 Å². The van der Waals surface area contributed by atoms with Gasteiger partial charge in [0.25, 0.3) is 11.8 Å². The summed E-state index contributed by atoms with van der Waals surface area (Å²) >= 11 is 0. The van der Waals surface area contributed by atoms with Gasteiger partial charge >= 0.3 is 24.3 Å². The van der Waals surface area contributed by atoms with Crippen molar-refractivity contribution in [1.29, 1.82) is 0 Å². The van der Waals surface area contributed by atoms with Gasteiger partial charge < -0.3 is 31.1 Å². The molecule has 4 aromatic carbocycles. The van der Waals surface area contributed by atoms with E-state index in [1.807, 2.05) is 10.6 Å². The minimum atomic E-state index is -6.20. The number of hydrogen-bond donors (Lipinski definition) is 6. The Kier molecular flexibility index (Phi) is 8.91. The number of anilines is 2. The van der Waals surface area contributed by atoms with Crippen molar-refractivity contribution in [2.75, 3.05) is 10.6 Å². The average molecular weight is 662 g/mol. The van der Waals surface area contributed by atoms with Crippen LogP contribution in [0.5, 0.6) is 11.5 Å². The van der Waals surface area contributed by atoms with Crippen molar-refractivity contribution in [3.8, 4) is 11.5 Å². The fourth-order valence-electron chi connectivity index (χ4n) is 4.84. The molecule has 0 fully saturated rings. The van der Waals surface area contributed by atoms with Crippen LogP contribution in [0.25, 0.3) is 0 Å². The molecule has 0 radical (unpaired) electrons. The highest BCUT2D eigenvalue weighted by molar-refractivity contribution is 6.12. The van der Waals surface area contributed by atoms with Crippen molar-refractivity contribution in [3.05, 3.63) is 118 Å². The van der Waals surface area contributed by atoms with E-state index >= 15 is 0 Å². The third kappa shape index (κ3) is 6.25. The number of benzene rings is 4. The number of aromatic hydroxyl groups is 2. The Labute approximate surface area is 259 Å². The van der Waals surface area contributed by atoms with Crippen LogP contribution in [0.15, 0.2) is 84.9 Å². The molecule has 0 spiro atoms. The van der Waals surface area contributed by atoms with E-state index in [1.54, 1.807) is 0 Å². The molecule has 2 amide bonds. The lowest BCUT2D eigenvalue weighted by molar-refractivity contribution is -0.288. The zero-order valence-electron chi connectivity index (χ0n) is 23.3. The standard InChI is InChI=1S/C31H20F6N2O8/c32-30(33,34)29(31(35,36)37,15-9-11-23(40)21(13-15)38-25(42)17-5-1-3-7-19(17)27(44)45)16-10-12-24(41)22(14-16)39-26(43)18-6-2-4-8-20(18)28(46)47/h1-14,40-41H,(H,38,42)(H,39,43)(H,44,45)(H,46,47). The minimum Gasteiger partial charge on any atom is -0.506 e. The predicted molar refractivity (Wildman–Crippen MR) is 152 cm³/mol. The van der Waals surface area contributed by atoms with Gasteiger partial charge in [0.2, 0.25) is 5.41 Å². The summed E-state index contributed by atoms with van der Waals surface area (Å²) in [5.74, 6) is -7.63. The predicted octanol–water partition coefficient (Wildman–Crippen LogP) is 6.41. The van der Waals surface area contributed by atoms with Crippen LogP contribution in [-0.4, -0.2) is 56.5 Å². The van der Waals surface area contributed by atoms with Crippen molar-refractivity contribution in [2.45, 2.75) is 17.8 Å². The van der Waals surface area contributed by atoms with E-state index in [9.17, 15) is 65.9 Å². The molecule has 6 N–H and O–H groups in total. The van der Waals surface area contributed by atoms with Gasteiger partial charge in [-0.3, -0.25) is 9.59 Å². The number of halogens is 6. The van der Waals surface area contributed by atoms with E-state index in [1.165, 1.54) is 24.3 Å². The van der Waals surface area contributed by atoms with Crippen molar-refractivity contribution in [2.24, 2.45) is 0 Å². The van der Waals surface area contributed by atoms with Gasteiger partial charge in [0.1, 0.15) is 11.5 Å². The monoisotopic (exact) mass is 662 g/mol. The summed E-state index contributed by atoms with van der Waals surface area (Å²) in [6.45, 7) is 0. The number of carboxylic acid groups (broad SMARTS) is 2. The van der Waals surface area contributed by atoms with Gasteiger partial charge in [-0.25, -0.2) is 9.59 Å². The quantitative estimate of drug-likeness (QED) is 0.0928. The van der Waals surface area contributed by atoms with Crippen molar-refractivity contribution < 1.29 is 65.9 Å². The molecule has 0 aliphatic heterocycles. The van der Waals surface area contributed by atoms with Gasteiger partial charge in [-0.15, -0.1) is 0 Å². The summed E-state index contributed by atoms with van der Waals surface area (Å²) in [4.78, 5) is 48.7. The van der Waals surface area contributed by atoms with Gasteiger partial charge in [0.15, 0.2) is 0 Å². The third-order valence-electron chi connectivity index (χ3n) is 7.01. The van der Waals surface area contributed by atoms with E-state index in [0.717, 1.165) is 24.3 Å². The Morgan fingerprint density at radius 2 is 0.830 bits per heavy atom. The first kappa shape index (κ1) is 33.8. The van der Waals surface area contributed by atoms with E-state index in [4.69, 9.17) is 0 Å². The van der Waals surface area contributed by atoms with Crippen molar-refractivity contribution in [1.82, 2.24) is 0 Å². The zero-order valence-corrected chi connectivity index (χ0v) is 23.3. The maximum atomic E-state index is 14.9. The van der Waals surface area contributed by atoms with Gasteiger partial charge in [0.05, 0.1) is 33.6 Å². The molecule has 0 atom stereocenters. The second-order valence-electron chi connectivity index (χ2n) is 9.82. The van der Waals surface area contributed by atoms with Crippen LogP contribution in [0.4, 0.5) is 37.7 Å². The fourth-order valence-corrected chi connectivity index (χ4v) is 4.84. The number of hydrogen-bond acceptors (Lipinski definition) is 6. The number of alkyl halides is 6. The molecule has 16 heteroatoms. The minimum absolute atomic E-state index is 0.200. The number of carbonyl (C=O) groups excluding carboxylic acids is 2. The number of aromatic carboxylic acids is 2. The Morgan fingerprint density at radius 3 is 1.13 bits per heavy atom. The van der Waals surface area contributed by atoms with Gasteiger partial charge in [-0.1, -0.05) is 36.4 Å². The second kappa shape index (κ2) is 12.4. The first-order chi connectivity index (χ1) is 21.9. The molecule has 0 aliphatic carbocycles. The molecule has 0 saturated heterocycles. The summed E-state index contributed by atoms with van der Waals surface area (Å²) in [5.41, 5.74) is -12.1. The summed E-state index contributed by atoms with van der Waals surface area (Å²) in [5, 5.41) is 43.1. The van der Waals surface area contributed by atoms with Crippen LogP contribution < -0.4 is 10.6 Å². The van der Waals surface area contributed by atoms with Gasteiger partial charge in [-0.05, 0) is 59.7 Å². The fraction of sp³-hybridized carbons (Fsp3) is 0.0968. The zero-order chi connectivity index (χ0) is 34.9. The lowest BCUT2D eigenvalue weighted by Gasteiger charge is -2.38. The number of nitrogens with one attached hydrogen (secondary N) is 2. The lowest BCUT2D eigenvalue weighted by atomic mass is 9.72. The molecule has 0 heterocycles. The Hall–Kier alpha value is -6.06.